The molecule has 0 saturated carbocycles. The van der Waals surface area contributed by atoms with Crippen molar-refractivity contribution in [1.29, 1.82) is 0 Å². The van der Waals surface area contributed by atoms with Gasteiger partial charge < -0.3 is 0 Å². The van der Waals surface area contributed by atoms with Gasteiger partial charge in [-0.15, -0.1) is 0 Å². The van der Waals surface area contributed by atoms with Crippen LogP contribution < -0.4 is 10.3 Å². The molecule has 2 aromatic carbocycles. The zero-order valence-corrected chi connectivity index (χ0v) is 24.5. The molecule has 0 saturated heterocycles. The first-order chi connectivity index (χ1) is 14.0. The zero-order chi connectivity index (χ0) is 21.0. The first-order valence-electron chi connectivity index (χ1n) is 9.50. The van der Waals surface area contributed by atoms with E-state index in [4.69, 9.17) is 14.5 Å². The second-order valence-electron chi connectivity index (χ2n) is 6.74. The Labute approximate surface area is 200 Å². The third-order valence-electron chi connectivity index (χ3n) is 4.94. The van der Waals surface area contributed by atoms with Crippen molar-refractivity contribution in [2.24, 2.45) is 4.99 Å². The summed E-state index contributed by atoms with van der Waals surface area (Å²) in [6.07, 6.45) is 1.02. The number of aryl methyl sites for hydroxylation is 2. The number of para-hydroxylation sites is 1. The molecule has 0 fully saturated rings. The monoisotopic (exact) mass is 752 g/mol. The van der Waals surface area contributed by atoms with E-state index in [9.17, 15) is 0 Å². The summed E-state index contributed by atoms with van der Waals surface area (Å²) in [7, 11) is 2.43. The van der Waals surface area contributed by atoms with Crippen molar-refractivity contribution in [2.75, 3.05) is 45.4 Å². The fraction of sp³-hybridized carbons (Fsp3) is 0.429. The Hall–Kier alpha value is 0.500. The third-order valence-corrected chi connectivity index (χ3v) is 24.8. The van der Waals surface area contributed by atoms with Crippen molar-refractivity contribution in [3.05, 3.63) is 51.3 Å². The third kappa shape index (κ3) is 5.47. The van der Waals surface area contributed by atoms with Crippen LogP contribution in [0.1, 0.15) is 18.1 Å². The van der Waals surface area contributed by atoms with Crippen LogP contribution in [0.2, 0.25) is 0 Å². The van der Waals surface area contributed by atoms with E-state index in [2.05, 4.69) is 86.3 Å². The Morgan fingerprint density at radius 3 is 2.38 bits per heavy atom. The van der Waals surface area contributed by atoms with Gasteiger partial charge in [-0.25, -0.2) is 0 Å². The molecule has 160 valence electrons. The van der Waals surface area contributed by atoms with E-state index in [1.165, 1.54) is 37.3 Å². The number of rotatable bonds is 9. The van der Waals surface area contributed by atoms with Gasteiger partial charge in [0.05, 0.1) is 0 Å². The van der Waals surface area contributed by atoms with Crippen LogP contribution in [0.4, 0.5) is 11.4 Å². The maximum atomic E-state index is 5.35. The second-order valence-corrected chi connectivity index (χ2v) is 42.6. The topological polar surface area (TPSA) is 34.1 Å². The van der Waals surface area contributed by atoms with Crippen molar-refractivity contribution < 1.29 is 9.47 Å². The quantitative estimate of drug-likeness (QED) is 0.214. The summed E-state index contributed by atoms with van der Waals surface area (Å²) in [4.78, 5) is 8.99. The number of benzene rings is 2. The molecule has 1 heterocycles. The van der Waals surface area contributed by atoms with Gasteiger partial charge in [-0.2, -0.15) is 0 Å². The molecule has 0 amide bonds. The van der Waals surface area contributed by atoms with E-state index in [1.807, 2.05) is 0 Å². The molecule has 1 aliphatic rings. The van der Waals surface area contributed by atoms with Gasteiger partial charge in [-0.3, -0.25) is 0 Å². The fourth-order valence-corrected chi connectivity index (χ4v) is 23.7. The van der Waals surface area contributed by atoms with Crippen LogP contribution >= 0.6 is 55.4 Å². The van der Waals surface area contributed by atoms with E-state index >= 15 is 0 Å². The van der Waals surface area contributed by atoms with Crippen LogP contribution in [0.3, 0.4) is 0 Å². The number of ether oxygens (including phenoxy) is 2. The van der Waals surface area contributed by atoms with Crippen molar-refractivity contribution >= 4 is 66.7 Å². The average molecular weight is 752 g/mol. The maximum absolute atomic E-state index is 5.35. The number of nitrogens with zero attached hydrogens (tertiary/aromatic N) is 2. The van der Waals surface area contributed by atoms with Crippen LogP contribution in [0.5, 0.6) is 0 Å². The van der Waals surface area contributed by atoms with Gasteiger partial charge in [0.1, 0.15) is 0 Å². The van der Waals surface area contributed by atoms with Crippen LogP contribution in [-0.4, -0.2) is 40.5 Å². The number of methoxy groups -OCH3 is 2. The van der Waals surface area contributed by atoms with E-state index in [0.29, 0.717) is 13.2 Å². The van der Waals surface area contributed by atoms with Crippen molar-refractivity contribution in [1.82, 2.24) is 0 Å². The molecule has 0 aromatic heterocycles. The Morgan fingerprint density at radius 2 is 1.79 bits per heavy atom. The molecule has 0 N–H and O–H groups in total. The molecule has 1 aliphatic heterocycles. The summed E-state index contributed by atoms with van der Waals surface area (Å²) < 4.78 is 12.2. The minimum atomic E-state index is -1.23. The van der Waals surface area contributed by atoms with Gasteiger partial charge >= 0.3 is 203 Å². The van der Waals surface area contributed by atoms with Gasteiger partial charge in [0.25, 0.3) is 0 Å². The second kappa shape index (κ2) is 11.4. The van der Waals surface area contributed by atoms with Gasteiger partial charge in [0.2, 0.25) is 0 Å². The van der Waals surface area contributed by atoms with Crippen LogP contribution in [0.15, 0.2) is 40.2 Å². The molecule has 0 bridgehead atoms. The fourth-order valence-electron chi connectivity index (χ4n) is 3.44. The molecule has 0 radical (unpaired) electrons. The molecule has 2 aromatic rings. The SMILES string of the molecule is CCc1cccc2c1=Nc1c(C)cc(N(CCOC)CCOC)cc1S=2I(I)I. The van der Waals surface area contributed by atoms with E-state index < -0.39 is 10.5 Å². The molecule has 8 heteroatoms. The average Bonchev–Trinajstić information content (AvgIpc) is 2.71. The van der Waals surface area contributed by atoms with E-state index in [1.54, 1.807) is 14.2 Å². The zero-order valence-electron chi connectivity index (χ0n) is 17.2. The van der Waals surface area contributed by atoms with E-state index in [0.717, 1.165) is 19.5 Å². The van der Waals surface area contributed by atoms with E-state index in [-0.39, 0.29) is 7.66 Å². The Kier molecular flexibility index (Phi) is 9.48. The molecule has 0 spiro atoms. The Balaban J connectivity index is 2.20. The minimum absolute atomic E-state index is 0.140. The summed E-state index contributed by atoms with van der Waals surface area (Å²) in [6, 6.07) is 11.4. The summed E-state index contributed by atoms with van der Waals surface area (Å²) in [5.74, 6) is 0. The van der Waals surface area contributed by atoms with Crippen LogP contribution in [-0.2, 0) is 15.9 Å². The van der Waals surface area contributed by atoms with Crippen LogP contribution in [0, 0.1) is 11.4 Å². The molecule has 29 heavy (non-hydrogen) atoms. The Morgan fingerprint density at radius 1 is 1.10 bits per heavy atom. The standard InChI is InChI=1S/C21H27I3N2O2S/c1-5-16-7-6-8-18-21(16)25-20-15(2)13-17(14-19(20)29(18)24(22)23)26(9-11-27-3)10-12-28-4/h6-8,13-14H,5,9-12H2,1-4H3. The van der Waals surface area contributed by atoms with Crippen molar-refractivity contribution in [3.63, 3.8) is 0 Å². The van der Waals surface area contributed by atoms with Gasteiger partial charge in [-0.1, -0.05) is 0 Å². The van der Waals surface area contributed by atoms with Crippen LogP contribution in [0.25, 0.3) is 0 Å². The number of hydrogen-bond donors (Lipinski definition) is 0. The molecule has 0 aliphatic carbocycles. The van der Waals surface area contributed by atoms with Crippen molar-refractivity contribution in [3.8, 4) is 0 Å². The van der Waals surface area contributed by atoms with Crippen molar-refractivity contribution in [2.45, 2.75) is 25.2 Å². The summed E-state index contributed by atoms with van der Waals surface area (Å²) in [5, 5.41) is 1.23. The normalized spacial score (nSPS) is 15.4. The molecular weight excluding hydrogens is 725 g/mol. The molecular formula is C21H27I3N2O2S. The molecule has 1 atom stereocenters. The molecule has 3 rings (SSSR count). The predicted molar refractivity (Wildman–Crippen MR) is 151 cm³/mol. The van der Waals surface area contributed by atoms with Gasteiger partial charge in [-0.05, 0) is 0 Å². The summed E-state index contributed by atoms with van der Waals surface area (Å²) in [5.41, 5.74) is 5.07. The van der Waals surface area contributed by atoms with Gasteiger partial charge in [0, 0.05) is 0 Å². The molecule has 4 nitrogen and oxygen atoms in total. The summed E-state index contributed by atoms with van der Waals surface area (Å²) >= 11 is 5.45. The Bertz CT molecular complexity index is 990. The number of halogens is 3. The predicted octanol–water partition coefficient (Wildman–Crippen LogP) is 6.62. The number of anilines is 1. The number of fused-ring (bicyclic) bond motifs is 2. The molecule has 1 unspecified atom stereocenters. The number of hydrogen-bond acceptors (Lipinski definition) is 4. The first-order valence-corrected chi connectivity index (χ1v) is 25.8. The van der Waals surface area contributed by atoms with Gasteiger partial charge in [0.15, 0.2) is 0 Å². The first kappa shape index (κ1) is 24.1. The summed E-state index contributed by atoms with van der Waals surface area (Å²) in [6.45, 7) is 7.55.